The molecule has 0 N–H and O–H groups in total. The average Bonchev–Trinajstić information content (AvgIpc) is 3.43. The summed E-state index contributed by atoms with van der Waals surface area (Å²) in [7, 11) is 0. The number of benzene rings is 4. The van der Waals surface area contributed by atoms with Gasteiger partial charge in [-0.15, -0.1) is 0 Å². The number of carbonyl (C=O) groups excluding carboxylic acids is 2. The highest BCUT2D eigenvalue weighted by Gasteiger charge is 2.45. The molecule has 6 heteroatoms. The molecule has 0 radical (unpaired) electrons. The second-order valence-electron chi connectivity index (χ2n) is 10.3. The molecular formula is C35H30N2O4. The summed E-state index contributed by atoms with van der Waals surface area (Å²) in [4.78, 5) is 30.7. The first-order chi connectivity index (χ1) is 20.1. The number of hydrogen-bond acceptors (Lipinski definition) is 4. The Morgan fingerprint density at radius 2 is 1.29 bits per heavy atom. The topological polar surface area (TPSA) is 59.1 Å². The normalized spacial score (nSPS) is 18.0. The molecule has 0 saturated carbocycles. The minimum atomic E-state index is -0.583. The van der Waals surface area contributed by atoms with Crippen LogP contribution in [-0.2, 0) is 4.74 Å². The summed E-state index contributed by atoms with van der Waals surface area (Å²) >= 11 is 0. The van der Waals surface area contributed by atoms with Crippen molar-refractivity contribution in [3.8, 4) is 23.3 Å². The van der Waals surface area contributed by atoms with Crippen LogP contribution in [0, 0.1) is 11.8 Å². The fourth-order valence-electron chi connectivity index (χ4n) is 5.35. The third-order valence-corrected chi connectivity index (χ3v) is 7.48. The maximum Gasteiger partial charge on any atom is 0.257 e. The van der Waals surface area contributed by atoms with Gasteiger partial charge in [-0.3, -0.25) is 9.59 Å². The van der Waals surface area contributed by atoms with Crippen molar-refractivity contribution in [2.24, 2.45) is 0 Å². The zero-order chi connectivity index (χ0) is 28.1. The summed E-state index contributed by atoms with van der Waals surface area (Å²) in [5.41, 5.74) is 2.34. The van der Waals surface area contributed by atoms with Crippen molar-refractivity contribution in [1.29, 1.82) is 0 Å². The van der Waals surface area contributed by atoms with Crippen LogP contribution < -0.4 is 4.74 Å². The molecule has 2 aliphatic rings. The number of likely N-dealkylation sites (tertiary alicyclic amines) is 1. The van der Waals surface area contributed by atoms with Crippen LogP contribution in [-0.4, -0.2) is 60.0 Å². The Kier molecular flexibility index (Phi) is 7.53. The Morgan fingerprint density at radius 1 is 0.683 bits per heavy atom. The van der Waals surface area contributed by atoms with Crippen molar-refractivity contribution in [3.63, 3.8) is 0 Å². The van der Waals surface area contributed by atoms with Crippen LogP contribution in [0.2, 0.25) is 0 Å². The first-order valence-corrected chi connectivity index (χ1v) is 13.8. The van der Waals surface area contributed by atoms with Crippen LogP contribution >= 0.6 is 0 Å². The maximum atomic E-state index is 13.6. The molecule has 41 heavy (non-hydrogen) atoms. The smallest absolute Gasteiger partial charge is 0.257 e. The van der Waals surface area contributed by atoms with Gasteiger partial charge >= 0.3 is 0 Å². The number of hydrogen-bond donors (Lipinski definition) is 0. The minimum absolute atomic E-state index is 0.0402. The Bertz CT molecular complexity index is 1590. The summed E-state index contributed by atoms with van der Waals surface area (Å²) in [5, 5.41) is 0. The monoisotopic (exact) mass is 542 g/mol. The summed E-state index contributed by atoms with van der Waals surface area (Å²) in [5.74, 6) is 7.34. The van der Waals surface area contributed by atoms with Gasteiger partial charge in [0.1, 0.15) is 17.1 Å². The van der Waals surface area contributed by atoms with E-state index in [1.807, 2.05) is 108 Å². The van der Waals surface area contributed by atoms with Gasteiger partial charge in [0, 0.05) is 29.8 Å². The lowest BCUT2D eigenvalue weighted by atomic mass is 9.99. The zero-order valence-corrected chi connectivity index (χ0v) is 22.7. The second kappa shape index (κ2) is 11.7. The molecule has 1 atom stereocenters. The fraction of sp³-hybridized carbons (Fsp3) is 0.200. The summed E-state index contributed by atoms with van der Waals surface area (Å²) in [6.45, 7) is 2.35. The lowest BCUT2D eigenvalue weighted by Gasteiger charge is -2.40. The van der Waals surface area contributed by atoms with E-state index in [2.05, 4.69) is 11.8 Å². The number of carbonyl (C=O) groups is 2. The minimum Gasteiger partial charge on any atom is -0.457 e. The first kappa shape index (κ1) is 26.4. The second-order valence-corrected chi connectivity index (χ2v) is 10.3. The molecule has 0 bridgehead atoms. The van der Waals surface area contributed by atoms with Gasteiger partial charge in [-0.25, -0.2) is 0 Å². The molecule has 2 heterocycles. The summed E-state index contributed by atoms with van der Waals surface area (Å²) in [6, 6.07) is 33.9. The number of amides is 2. The van der Waals surface area contributed by atoms with E-state index in [1.54, 1.807) is 11.0 Å². The van der Waals surface area contributed by atoms with Crippen LogP contribution in [0.4, 0.5) is 0 Å². The lowest BCUT2D eigenvalue weighted by Crippen LogP contribution is -2.55. The Hall–Kier alpha value is -4.86. The van der Waals surface area contributed by atoms with Crippen LogP contribution in [0.1, 0.15) is 38.3 Å². The Labute approximate surface area is 240 Å². The van der Waals surface area contributed by atoms with Gasteiger partial charge in [-0.05, 0) is 67.1 Å². The molecule has 0 aliphatic carbocycles. The van der Waals surface area contributed by atoms with E-state index < -0.39 is 5.60 Å². The molecule has 1 spiro atoms. The van der Waals surface area contributed by atoms with Crippen molar-refractivity contribution in [2.75, 3.05) is 32.8 Å². The van der Waals surface area contributed by atoms with E-state index in [1.165, 1.54) is 0 Å². The number of para-hydroxylation sites is 2. The zero-order valence-electron chi connectivity index (χ0n) is 22.7. The molecule has 2 saturated heterocycles. The van der Waals surface area contributed by atoms with E-state index in [0.29, 0.717) is 61.8 Å². The van der Waals surface area contributed by atoms with Crippen molar-refractivity contribution < 1.29 is 19.1 Å². The highest BCUT2D eigenvalue weighted by molar-refractivity contribution is 5.97. The molecule has 2 aliphatic heterocycles. The van der Waals surface area contributed by atoms with E-state index in [-0.39, 0.29) is 11.8 Å². The molecule has 6 nitrogen and oxygen atoms in total. The van der Waals surface area contributed by atoms with E-state index in [9.17, 15) is 9.59 Å². The van der Waals surface area contributed by atoms with Gasteiger partial charge in [-0.2, -0.15) is 0 Å². The van der Waals surface area contributed by atoms with Crippen molar-refractivity contribution in [1.82, 2.24) is 9.80 Å². The highest BCUT2D eigenvalue weighted by Crippen LogP contribution is 2.33. The first-order valence-electron chi connectivity index (χ1n) is 13.8. The molecule has 2 amide bonds. The molecule has 4 aromatic rings. The molecule has 1 unspecified atom stereocenters. The Morgan fingerprint density at radius 3 is 2.02 bits per heavy atom. The van der Waals surface area contributed by atoms with Gasteiger partial charge in [0.2, 0.25) is 0 Å². The van der Waals surface area contributed by atoms with Crippen LogP contribution in [0.25, 0.3) is 0 Å². The van der Waals surface area contributed by atoms with Crippen molar-refractivity contribution in [3.05, 3.63) is 131 Å². The summed E-state index contributed by atoms with van der Waals surface area (Å²) < 4.78 is 12.3. The number of ether oxygens (including phenoxy) is 2. The largest absolute Gasteiger partial charge is 0.457 e. The molecule has 0 aromatic heterocycles. The molecular weight excluding hydrogens is 512 g/mol. The maximum absolute atomic E-state index is 13.6. The van der Waals surface area contributed by atoms with Gasteiger partial charge in [0.05, 0.1) is 25.3 Å². The van der Waals surface area contributed by atoms with Gasteiger partial charge in [0.25, 0.3) is 11.8 Å². The van der Waals surface area contributed by atoms with Crippen molar-refractivity contribution in [2.45, 2.75) is 12.0 Å². The SMILES string of the molecule is O=C(c1ccc(C#Cc2ccccc2)cc1)N1CCOC2(CCN(C(=O)c3ccccc3Oc3ccccc3)C2)C1. The molecule has 4 aromatic carbocycles. The highest BCUT2D eigenvalue weighted by atomic mass is 16.5. The van der Waals surface area contributed by atoms with Gasteiger partial charge in [-0.1, -0.05) is 60.4 Å². The quantitative estimate of drug-likeness (QED) is 0.314. The third kappa shape index (κ3) is 6.01. The van der Waals surface area contributed by atoms with Gasteiger partial charge < -0.3 is 19.3 Å². The predicted octanol–water partition coefficient (Wildman–Crippen LogP) is 5.64. The lowest BCUT2D eigenvalue weighted by molar-refractivity contribution is -0.0904. The number of nitrogens with zero attached hydrogens (tertiary/aromatic N) is 2. The molecule has 6 rings (SSSR count). The average molecular weight is 543 g/mol. The van der Waals surface area contributed by atoms with Crippen LogP contribution in [0.5, 0.6) is 11.5 Å². The van der Waals surface area contributed by atoms with Crippen LogP contribution in [0.15, 0.2) is 109 Å². The number of rotatable bonds is 4. The fourth-order valence-corrected chi connectivity index (χ4v) is 5.35. The van der Waals surface area contributed by atoms with Crippen LogP contribution in [0.3, 0.4) is 0 Å². The molecule has 2 fully saturated rings. The third-order valence-electron chi connectivity index (χ3n) is 7.48. The standard InChI is InChI=1S/C35H30N2O4/c38-33(29-19-17-28(18-20-29)16-15-27-9-3-1-4-10-27)37-23-24-40-35(26-37)21-22-36(25-35)34(39)31-13-7-8-14-32(31)41-30-11-5-2-6-12-30/h1-14,17-20H,21-26H2. The van der Waals surface area contributed by atoms with E-state index >= 15 is 0 Å². The van der Waals surface area contributed by atoms with Crippen molar-refractivity contribution >= 4 is 11.8 Å². The van der Waals surface area contributed by atoms with E-state index in [4.69, 9.17) is 9.47 Å². The number of morpholine rings is 1. The summed E-state index contributed by atoms with van der Waals surface area (Å²) in [6.07, 6.45) is 0.665. The predicted molar refractivity (Wildman–Crippen MR) is 157 cm³/mol. The van der Waals surface area contributed by atoms with E-state index in [0.717, 1.165) is 11.1 Å². The molecule has 204 valence electrons. The Balaban J connectivity index is 1.11. The van der Waals surface area contributed by atoms with Gasteiger partial charge in [0.15, 0.2) is 0 Å².